The minimum atomic E-state index is -0.558. The number of aliphatic hydroxyl groups is 1. The zero-order valence-corrected chi connectivity index (χ0v) is 12.5. The van der Waals surface area contributed by atoms with Crippen LogP contribution in [0.5, 0.6) is 0 Å². The molecule has 0 radical (unpaired) electrons. The minimum Gasteiger partial charge on any atom is -0.391 e. The van der Waals surface area contributed by atoms with Gasteiger partial charge in [-0.05, 0) is 18.6 Å². The zero-order valence-electron chi connectivity index (χ0n) is 12.5. The smallest absolute Gasteiger partial charge is 0.293 e. The Bertz CT molecular complexity index is 517. The summed E-state index contributed by atoms with van der Waals surface area (Å²) in [6.45, 7) is 2.18. The third kappa shape index (κ3) is 4.71. The van der Waals surface area contributed by atoms with Crippen molar-refractivity contribution >= 4 is 17.3 Å². The standard InChI is InChI=1S/C14H21N3O4/c1-4-5-11(18)9-15-12-7-6-10(14(19)16(2)3)8-13(12)17(20)21/h6-8,11,15,18H,4-5,9H2,1-3H3. The average molecular weight is 295 g/mol. The highest BCUT2D eigenvalue weighted by molar-refractivity contribution is 5.95. The van der Waals surface area contributed by atoms with E-state index < -0.39 is 11.0 Å². The number of hydrogen-bond donors (Lipinski definition) is 2. The van der Waals surface area contributed by atoms with Crippen LogP contribution in [0.25, 0.3) is 0 Å². The second-order valence-corrected chi connectivity index (χ2v) is 5.01. The van der Waals surface area contributed by atoms with E-state index in [0.29, 0.717) is 12.1 Å². The fraction of sp³-hybridized carbons (Fsp3) is 0.500. The number of nitro benzene ring substituents is 1. The molecule has 7 heteroatoms. The highest BCUT2D eigenvalue weighted by Gasteiger charge is 2.18. The molecule has 1 atom stereocenters. The molecule has 1 unspecified atom stereocenters. The van der Waals surface area contributed by atoms with E-state index in [1.807, 2.05) is 6.92 Å². The van der Waals surface area contributed by atoms with E-state index in [1.165, 1.54) is 23.1 Å². The number of nitrogens with one attached hydrogen (secondary N) is 1. The maximum atomic E-state index is 11.8. The maximum Gasteiger partial charge on any atom is 0.293 e. The molecule has 0 aliphatic carbocycles. The van der Waals surface area contributed by atoms with E-state index in [-0.39, 0.29) is 23.7 Å². The zero-order chi connectivity index (χ0) is 16.0. The van der Waals surface area contributed by atoms with Crippen LogP contribution in [-0.2, 0) is 0 Å². The van der Waals surface area contributed by atoms with Gasteiger partial charge in [0.1, 0.15) is 5.69 Å². The lowest BCUT2D eigenvalue weighted by Gasteiger charge is -2.14. The molecule has 0 aliphatic rings. The van der Waals surface area contributed by atoms with Gasteiger partial charge in [-0.2, -0.15) is 0 Å². The van der Waals surface area contributed by atoms with Crippen LogP contribution in [0.4, 0.5) is 11.4 Å². The summed E-state index contributed by atoms with van der Waals surface area (Å²) in [5.74, 6) is -0.296. The first-order valence-electron chi connectivity index (χ1n) is 6.78. The number of benzene rings is 1. The molecule has 116 valence electrons. The van der Waals surface area contributed by atoms with Crippen molar-refractivity contribution in [2.24, 2.45) is 0 Å². The Kier molecular flexibility index (Phi) is 6.10. The van der Waals surface area contributed by atoms with Gasteiger partial charge in [0.05, 0.1) is 11.0 Å². The Morgan fingerprint density at radius 3 is 2.67 bits per heavy atom. The molecule has 1 rings (SSSR count). The lowest BCUT2D eigenvalue weighted by Crippen LogP contribution is -2.22. The predicted molar refractivity (Wildman–Crippen MR) is 80.5 cm³/mol. The number of rotatable bonds is 7. The fourth-order valence-corrected chi connectivity index (χ4v) is 1.89. The number of hydrogen-bond acceptors (Lipinski definition) is 5. The molecule has 0 aliphatic heterocycles. The summed E-state index contributed by atoms with van der Waals surface area (Å²) in [5, 5.41) is 23.6. The van der Waals surface area contributed by atoms with Crippen molar-refractivity contribution in [2.75, 3.05) is 26.0 Å². The van der Waals surface area contributed by atoms with Gasteiger partial charge in [0, 0.05) is 32.3 Å². The molecule has 1 aromatic rings. The first kappa shape index (κ1) is 16.9. The lowest BCUT2D eigenvalue weighted by atomic mass is 10.1. The summed E-state index contributed by atoms with van der Waals surface area (Å²) in [4.78, 5) is 23.8. The molecule has 2 N–H and O–H groups in total. The Morgan fingerprint density at radius 2 is 2.14 bits per heavy atom. The van der Waals surface area contributed by atoms with Crippen LogP contribution in [0.15, 0.2) is 18.2 Å². The topological polar surface area (TPSA) is 95.7 Å². The molecule has 1 amide bonds. The van der Waals surface area contributed by atoms with Crippen molar-refractivity contribution < 1.29 is 14.8 Å². The van der Waals surface area contributed by atoms with Gasteiger partial charge in [0.2, 0.25) is 0 Å². The van der Waals surface area contributed by atoms with Gasteiger partial charge in [-0.3, -0.25) is 14.9 Å². The van der Waals surface area contributed by atoms with Crippen LogP contribution in [0.3, 0.4) is 0 Å². The second kappa shape index (κ2) is 7.58. The summed E-state index contributed by atoms with van der Waals surface area (Å²) in [5.41, 5.74) is 0.378. The Morgan fingerprint density at radius 1 is 1.48 bits per heavy atom. The third-order valence-corrected chi connectivity index (χ3v) is 3.00. The second-order valence-electron chi connectivity index (χ2n) is 5.01. The summed E-state index contributed by atoms with van der Waals surface area (Å²) in [6, 6.07) is 4.27. The highest BCUT2D eigenvalue weighted by Crippen LogP contribution is 2.26. The molecule has 7 nitrogen and oxygen atoms in total. The van der Waals surface area contributed by atoms with Crippen LogP contribution in [-0.4, -0.2) is 47.6 Å². The highest BCUT2D eigenvalue weighted by atomic mass is 16.6. The first-order valence-corrected chi connectivity index (χ1v) is 6.78. The van der Waals surface area contributed by atoms with Gasteiger partial charge in [0.15, 0.2) is 0 Å². The van der Waals surface area contributed by atoms with Crippen molar-refractivity contribution in [3.63, 3.8) is 0 Å². The summed E-state index contributed by atoms with van der Waals surface area (Å²) >= 11 is 0. The largest absolute Gasteiger partial charge is 0.391 e. The molecular weight excluding hydrogens is 274 g/mol. The van der Waals surface area contributed by atoms with E-state index in [1.54, 1.807) is 14.1 Å². The molecule has 0 aromatic heterocycles. The van der Waals surface area contributed by atoms with Crippen LogP contribution in [0, 0.1) is 10.1 Å². The Balaban J connectivity index is 2.95. The third-order valence-electron chi connectivity index (χ3n) is 3.00. The van der Waals surface area contributed by atoms with E-state index in [2.05, 4.69) is 5.32 Å². The van der Waals surface area contributed by atoms with Gasteiger partial charge >= 0.3 is 0 Å². The van der Waals surface area contributed by atoms with Crippen molar-refractivity contribution in [3.05, 3.63) is 33.9 Å². The minimum absolute atomic E-state index is 0.175. The van der Waals surface area contributed by atoms with E-state index >= 15 is 0 Å². The summed E-state index contributed by atoms with van der Waals surface area (Å²) in [7, 11) is 3.17. The van der Waals surface area contributed by atoms with Crippen LogP contribution >= 0.6 is 0 Å². The molecule has 0 heterocycles. The van der Waals surface area contributed by atoms with Gasteiger partial charge in [-0.25, -0.2) is 0 Å². The predicted octanol–water partition coefficient (Wildman–Crippen LogP) is 1.87. The summed E-state index contributed by atoms with van der Waals surface area (Å²) < 4.78 is 0. The molecule has 0 saturated heterocycles. The quantitative estimate of drug-likeness (QED) is 0.591. The van der Waals surface area contributed by atoms with Gasteiger partial charge in [-0.15, -0.1) is 0 Å². The number of carbonyl (C=O) groups excluding carboxylic acids is 1. The number of nitro groups is 1. The lowest BCUT2D eigenvalue weighted by molar-refractivity contribution is -0.384. The number of nitrogens with zero attached hydrogens (tertiary/aromatic N) is 2. The van der Waals surface area contributed by atoms with Gasteiger partial charge in [0.25, 0.3) is 11.6 Å². The molecule has 0 spiro atoms. The van der Waals surface area contributed by atoms with Crippen LogP contribution in [0.2, 0.25) is 0 Å². The van der Waals surface area contributed by atoms with E-state index in [0.717, 1.165) is 6.42 Å². The molecule has 0 fully saturated rings. The molecule has 21 heavy (non-hydrogen) atoms. The Labute approximate surface area is 123 Å². The van der Waals surface area contributed by atoms with Crippen molar-refractivity contribution in [3.8, 4) is 0 Å². The number of anilines is 1. The monoisotopic (exact) mass is 295 g/mol. The number of aliphatic hydroxyl groups excluding tert-OH is 1. The number of amides is 1. The first-order chi connectivity index (χ1) is 9.86. The van der Waals surface area contributed by atoms with Crippen molar-refractivity contribution in [2.45, 2.75) is 25.9 Å². The van der Waals surface area contributed by atoms with Crippen molar-refractivity contribution in [1.82, 2.24) is 4.90 Å². The average Bonchev–Trinajstić information content (AvgIpc) is 2.44. The van der Waals surface area contributed by atoms with E-state index in [4.69, 9.17) is 0 Å². The van der Waals surface area contributed by atoms with Crippen LogP contribution < -0.4 is 5.32 Å². The van der Waals surface area contributed by atoms with Gasteiger partial charge < -0.3 is 15.3 Å². The molecule has 0 saturated carbocycles. The molecule has 1 aromatic carbocycles. The molecular formula is C14H21N3O4. The Hall–Kier alpha value is -2.15. The van der Waals surface area contributed by atoms with E-state index in [9.17, 15) is 20.0 Å². The van der Waals surface area contributed by atoms with Gasteiger partial charge in [-0.1, -0.05) is 13.3 Å². The summed E-state index contributed by atoms with van der Waals surface area (Å²) in [6.07, 6.45) is 0.900. The maximum absolute atomic E-state index is 11.8. The normalized spacial score (nSPS) is 11.8. The SMILES string of the molecule is CCCC(O)CNc1ccc(C(=O)N(C)C)cc1[N+](=O)[O-]. The molecule has 0 bridgehead atoms. The van der Waals surface area contributed by atoms with Crippen LogP contribution in [0.1, 0.15) is 30.1 Å². The fourth-order valence-electron chi connectivity index (χ4n) is 1.89. The number of carbonyl (C=O) groups is 1. The van der Waals surface area contributed by atoms with Crippen molar-refractivity contribution in [1.29, 1.82) is 0 Å².